The molecular formula is C32H53ClN4O3S. The molecule has 0 fully saturated rings. The molecule has 1 unspecified atom stereocenters. The van der Waals surface area contributed by atoms with E-state index in [-0.39, 0.29) is 0 Å². The molecule has 2 aromatic rings. The summed E-state index contributed by atoms with van der Waals surface area (Å²) in [7, 11) is 0.207. The molecule has 0 aliphatic carbocycles. The first-order chi connectivity index (χ1) is 20.1. The normalized spacial score (nSPS) is 14.5. The van der Waals surface area contributed by atoms with Crippen LogP contribution in [-0.2, 0) is 22.2 Å². The quantitative estimate of drug-likeness (QED) is 0.105. The number of ether oxygens (including phenoxy) is 1. The third-order valence-electron chi connectivity index (χ3n) is 8.08. The van der Waals surface area contributed by atoms with Gasteiger partial charge in [0.2, 0.25) is 5.95 Å². The van der Waals surface area contributed by atoms with Crippen LogP contribution in [0.4, 0.5) is 10.7 Å². The molecule has 0 spiro atoms. The van der Waals surface area contributed by atoms with Crippen molar-refractivity contribution in [2.75, 3.05) is 36.9 Å². The summed E-state index contributed by atoms with van der Waals surface area (Å²) in [6, 6.07) is 5.77. The number of halogens is 1. The molecule has 0 radical (unpaired) electrons. The van der Waals surface area contributed by atoms with E-state index in [0.717, 1.165) is 18.5 Å². The number of hydrogen-bond acceptors (Lipinski definition) is 5. The number of fused-ring (bicyclic) bond motifs is 3. The van der Waals surface area contributed by atoms with E-state index in [1.165, 1.54) is 103 Å². The van der Waals surface area contributed by atoms with Gasteiger partial charge in [-0.15, -0.1) is 11.6 Å². The van der Waals surface area contributed by atoms with Crippen molar-refractivity contribution in [2.24, 2.45) is 0 Å². The van der Waals surface area contributed by atoms with Gasteiger partial charge in [-0.25, -0.2) is 14.7 Å². The molecule has 1 amide bonds. The lowest BCUT2D eigenvalue weighted by Gasteiger charge is -2.35. The summed E-state index contributed by atoms with van der Waals surface area (Å²) in [6.45, 7) is 4.28. The number of unbranched alkanes of at least 4 members (excludes halogenated alkanes) is 15. The van der Waals surface area contributed by atoms with Gasteiger partial charge in [0.25, 0.3) is 0 Å². The van der Waals surface area contributed by atoms with Crippen molar-refractivity contribution >= 4 is 45.5 Å². The van der Waals surface area contributed by atoms with Gasteiger partial charge < -0.3 is 4.74 Å². The summed E-state index contributed by atoms with van der Waals surface area (Å²) in [6.07, 6.45) is 21.9. The number of rotatable bonds is 21. The van der Waals surface area contributed by atoms with Crippen LogP contribution < -0.4 is 4.90 Å². The molecule has 1 aromatic carbocycles. The van der Waals surface area contributed by atoms with E-state index in [1.807, 2.05) is 22.8 Å². The van der Waals surface area contributed by atoms with Crippen LogP contribution in [0.3, 0.4) is 0 Å². The third kappa shape index (κ3) is 10.9. The van der Waals surface area contributed by atoms with Crippen molar-refractivity contribution in [3.05, 3.63) is 18.2 Å². The smallest absolute Gasteiger partial charge is 0.417 e. The minimum absolute atomic E-state index is 0.428. The maximum atomic E-state index is 12.9. The second kappa shape index (κ2) is 19.5. The standard InChI is InChI=1S/C32H53ClN4O3S/c1-3-4-5-6-7-8-9-10-11-12-13-14-15-16-17-18-24-35-26-36-28-21-19-22-29(41(39)25-20-23-33)30(28)34-31(36)37(27-35)32(38)40-2/h19,21-22H,3-18,20,23-27H2,1-2H3. The Labute approximate surface area is 255 Å². The lowest BCUT2D eigenvalue weighted by atomic mass is 10.0. The fourth-order valence-corrected chi connectivity index (χ4v) is 7.23. The van der Waals surface area contributed by atoms with Crippen LogP contribution in [-0.4, -0.2) is 56.7 Å². The molecular weight excluding hydrogens is 556 g/mol. The summed E-state index contributed by atoms with van der Waals surface area (Å²) in [4.78, 5) is 22.0. The molecule has 232 valence electrons. The van der Waals surface area contributed by atoms with Crippen LogP contribution in [0, 0.1) is 0 Å². The van der Waals surface area contributed by atoms with E-state index < -0.39 is 16.9 Å². The van der Waals surface area contributed by atoms with Crippen molar-refractivity contribution in [3.63, 3.8) is 0 Å². The van der Waals surface area contributed by atoms with Crippen molar-refractivity contribution in [2.45, 2.75) is 128 Å². The predicted molar refractivity (Wildman–Crippen MR) is 172 cm³/mol. The van der Waals surface area contributed by atoms with Crippen molar-refractivity contribution in [3.8, 4) is 0 Å². The Bertz CT molecular complexity index is 1060. The average molecular weight is 609 g/mol. The monoisotopic (exact) mass is 608 g/mol. The highest BCUT2D eigenvalue weighted by atomic mass is 35.5. The van der Waals surface area contributed by atoms with Crippen LogP contribution in [0.15, 0.2) is 23.1 Å². The van der Waals surface area contributed by atoms with Gasteiger partial charge in [-0.2, -0.15) is 0 Å². The Hall–Kier alpha value is -1.64. The first-order valence-corrected chi connectivity index (χ1v) is 18.0. The molecule has 2 heterocycles. The summed E-state index contributed by atoms with van der Waals surface area (Å²) < 4.78 is 20.1. The van der Waals surface area contributed by atoms with Crippen molar-refractivity contribution in [1.82, 2.24) is 14.5 Å². The Morgan fingerprint density at radius 2 is 1.46 bits per heavy atom. The number of para-hydroxylation sites is 1. The molecule has 1 atom stereocenters. The van der Waals surface area contributed by atoms with Crippen LogP contribution in [0.25, 0.3) is 11.0 Å². The lowest BCUT2D eigenvalue weighted by Crippen LogP contribution is -2.48. The van der Waals surface area contributed by atoms with Crippen LogP contribution >= 0.6 is 11.6 Å². The number of methoxy groups -OCH3 is 1. The highest BCUT2D eigenvalue weighted by molar-refractivity contribution is 7.85. The Morgan fingerprint density at radius 3 is 2.02 bits per heavy atom. The van der Waals surface area contributed by atoms with E-state index in [1.54, 1.807) is 4.90 Å². The van der Waals surface area contributed by atoms with Crippen molar-refractivity contribution in [1.29, 1.82) is 0 Å². The lowest BCUT2D eigenvalue weighted by molar-refractivity contribution is 0.153. The number of alkyl halides is 1. The number of nitrogens with zero attached hydrogens (tertiary/aromatic N) is 4. The van der Waals surface area contributed by atoms with Gasteiger partial charge in [-0.05, 0) is 25.0 Å². The average Bonchev–Trinajstić information content (AvgIpc) is 3.37. The van der Waals surface area contributed by atoms with Gasteiger partial charge in [0.05, 0.1) is 41.7 Å². The molecule has 1 aliphatic rings. The van der Waals surface area contributed by atoms with Crippen LogP contribution in [0.5, 0.6) is 0 Å². The molecule has 1 aliphatic heterocycles. The molecule has 41 heavy (non-hydrogen) atoms. The Morgan fingerprint density at radius 1 is 0.878 bits per heavy atom. The highest BCUT2D eigenvalue weighted by Crippen LogP contribution is 2.31. The third-order valence-corrected chi connectivity index (χ3v) is 9.82. The van der Waals surface area contributed by atoms with E-state index in [2.05, 4.69) is 11.8 Å². The minimum atomic E-state index is -1.19. The minimum Gasteiger partial charge on any atom is -0.452 e. The van der Waals surface area contributed by atoms with Crippen LogP contribution in [0.2, 0.25) is 0 Å². The Balaban J connectivity index is 1.39. The molecule has 9 heteroatoms. The maximum absolute atomic E-state index is 12.9. The molecule has 0 N–H and O–H groups in total. The second-order valence-corrected chi connectivity index (χ2v) is 13.4. The number of carbonyl (C=O) groups excluding carboxylic acids is 1. The number of imidazole rings is 1. The summed E-state index contributed by atoms with van der Waals surface area (Å²) >= 11 is 5.83. The molecule has 0 saturated heterocycles. The van der Waals surface area contributed by atoms with Gasteiger partial charge in [0.1, 0.15) is 5.52 Å². The summed E-state index contributed by atoms with van der Waals surface area (Å²) in [5.41, 5.74) is 1.58. The fraction of sp³-hybridized carbons (Fsp3) is 0.750. The molecule has 1 aromatic heterocycles. The number of anilines is 1. The zero-order valence-electron chi connectivity index (χ0n) is 25.6. The first kappa shape index (κ1) is 33.9. The largest absolute Gasteiger partial charge is 0.452 e. The number of aromatic nitrogens is 2. The second-order valence-electron chi connectivity index (χ2n) is 11.4. The molecule has 0 saturated carbocycles. The molecule has 0 bridgehead atoms. The van der Waals surface area contributed by atoms with Gasteiger partial charge in [-0.3, -0.25) is 13.7 Å². The number of amides is 1. The van der Waals surface area contributed by atoms with Gasteiger partial charge in [0, 0.05) is 18.2 Å². The van der Waals surface area contributed by atoms with Gasteiger partial charge in [-0.1, -0.05) is 109 Å². The molecule has 3 rings (SSSR count). The van der Waals surface area contributed by atoms with E-state index in [4.69, 9.17) is 21.3 Å². The topological polar surface area (TPSA) is 67.7 Å². The van der Waals surface area contributed by atoms with Gasteiger partial charge in [0.15, 0.2) is 0 Å². The van der Waals surface area contributed by atoms with E-state index in [9.17, 15) is 9.00 Å². The fourth-order valence-electron chi connectivity index (χ4n) is 5.72. The van der Waals surface area contributed by atoms with Gasteiger partial charge >= 0.3 is 6.09 Å². The number of carbonyl (C=O) groups is 1. The zero-order valence-corrected chi connectivity index (χ0v) is 27.2. The molecule has 7 nitrogen and oxygen atoms in total. The number of benzene rings is 1. The Kier molecular flexibility index (Phi) is 16.1. The SMILES string of the molecule is CCCCCCCCCCCCCCCCCCN1CN(C(=O)OC)c2nc3c(S(=O)CCCCl)cccc3n2C1. The summed E-state index contributed by atoms with van der Waals surface area (Å²) in [5.74, 6) is 1.53. The van der Waals surface area contributed by atoms with Crippen LogP contribution in [0.1, 0.15) is 116 Å². The number of hydrogen-bond donors (Lipinski definition) is 0. The zero-order chi connectivity index (χ0) is 29.3. The maximum Gasteiger partial charge on any atom is 0.417 e. The summed E-state index contributed by atoms with van der Waals surface area (Å²) in [5, 5.41) is 0. The van der Waals surface area contributed by atoms with E-state index in [0.29, 0.717) is 47.8 Å². The van der Waals surface area contributed by atoms with E-state index >= 15 is 0 Å². The predicted octanol–water partition coefficient (Wildman–Crippen LogP) is 8.84. The highest BCUT2D eigenvalue weighted by Gasteiger charge is 2.31. The first-order valence-electron chi connectivity index (χ1n) is 16.1. The van der Waals surface area contributed by atoms with Crippen molar-refractivity contribution < 1.29 is 13.7 Å².